The van der Waals surface area contributed by atoms with Crippen LogP contribution in [0, 0.1) is 5.92 Å². The predicted octanol–water partition coefficient (Wildman–Crippen LogP) is 3.88. The lowest BCUT2D eigenvalue weighted by Crippen LogP contribution is -2.46. The molecule has 1 aromatic heterocycles. The molecular weight excluding hydrogens is 537 g/mol. The van der Waals surface area contributed by atoms with E-state index < -0.39 is 11.9 Å². The van der Waals surface area contributed by atoms with Crippen molar-refractivity contribution >= 4 is 23.3 Å². The van der Waals surface area contributed by atoms with Crippen molar-refractivity contribution in [3.8, 4) is 22.4 Å². The second kappa shape index (κ2) is 11.5. The zero-order valence-electron chi connectivity index (χ0n) is 22.2. The Morgan fingerprint density at radius 2 is 1.85 bits per heavy atom. The largest absolute Gasteiger partial charge is 0.435 e. The number of H-pyrrole nitrogens is 1. The standard InChI is InChI=1S/C28H29F3N8O2/c1-2-15-12-18(5-6-19(15)27(41)35-9-8-34-26(40)16-10-17(32)11-16)38-25-23-20(4-3-7-33-25)21(13-36-23)22-14-37-39-24(22)28(29,30)31/h3-7,12-14,16-17H,2,8-11,32H2,1H3,(H,33,38)(H,34,40)(H,35,41)(H,37,39)/t16-,17+. The molecule has 41 heavy (non-hydrogen) atoms. The zero-order valence-corrected chi connectivity index (χ0v) is 22.2. The number of benzene rings is 1. The number of carbonyl (C=O) groups excluding carboxylic acids is 2. The molecule has 1 saturated carbocycles. The molecule has 1 fully saturated rings. The van der Waals surface area contributed by atoms with Gasteiger partial charge in [-0.2, -0.15) is 18.3 Å². The topological polar surface area (TPSA) is 151 Å². The van der Waals surface area contributed by atoms with Crippen LogP contribution in [0.5, 0.6) is 0 Å². The number of alkyl halides is 3. The number of aromatic nitrogens is 4. The first-order valence-corrected chi connectivity index (χ1v) is 13.2. The molecule has 1 aliphatic carbocycles. The summed E-state index contributed by atoms with van der Waals surface area (Å²) in [6.07, 6.45) is 1.41. The molecule has 6 N–H and O–H groups in total. The van der Waals surface area contributed by atoms with Gasteiger partial charge < -0.3 is 21.7 Å². The van der Waals surface area contributed by atoms with Crippen LogP contribution in [0.2, 0.25) is 0 Å². The van der Waals surface area contributed by atoms with Crippen LogP contribution in [0.3, 0.4) is 0 Å². The Morgan fingerprint density at radius 1 is 1.07 bits per heavy atom. The van der Waals surface area contributed by atoms with Crippen molar-refractivity contribution in [1.29, 1.82) is 0 Å². The number of carbonyl (C=O) groups is 2. The fourth-order valence-corrected chi connectivity index (χ4v) is 4.89. The molecule has 0 radical (unpaired) electrons. The van der Waals surface area contributed by atoms with E-state index in [0.717, 1.165) is 5.56 Å². The maximum atomic E-state index is 13.5. The van der Waals surface area contributed by atoms with Crippen molar-refractivity contribution < 1.29 is 22.8 Å². The van der Waals surface area contributed by atoms with E-state index in [9.17, 15) is 22.8 Å². The Labute approximate surface area is 233 Å². The average Bonchev–Trinajstić information content (AvgIpc) is 3.53. The van der Waals surface area contributed by atoms with Crippen LogP contribution >= 0.6 is 0 Å². The number of hydrogen-bond acceptors (Lipinski definition) is 7. The van der Waals surface area contributed by atoms with Crippen LogP contribution in [-0.4, -0.2) is 51.1 Å². The fraction of sp³-hybridized carbons (Fsp3) is 0.321. The number of rotatable bonds is 9. The molecule has 214 valence electrons. The molecule has 13 heteroatoms. The van der Waals surface area contributed by atoms with Crippen LogP contribution in [0.15, 0.2) is 48.9 Å². The molecule has 0 saturated heterocycles. The van der Waals surface area contributed by atoms with Crippen molar-refractivity contribution in [2.75, 3.05) is 18.4 Å². The zero-order chi connectivity index (χ0) is 29.1. The molecule has 0 atom stereocenters. The molecule has 2 aliphatic heterocycles. The third-order valence-corrected chi connectivity index (χ3v) is 7.09. The van der Waals surface area contributed by atoms with Crippen LogP contribution < -0.4 is 21.7 Å². The highest BCUT2D eigenvalue weighted by Crippen LogP contribution is 2.41. The van der Waals surface area contributed by atoms with Crippen molar-refractivity contribution in [1.82, 2.24) is 30.8 Å². The van der Waals surface area contributed by atoms with E-state index in [-0.39, 0.29) is 41.4 Å². The molecule has 2 amide bonds. The summed E-state index contributed by atoms with van der Waals surface area (Å²) in [6.45, 7) is 2.53. The lowest BCUT2D eigenvalue weighted by Gasteiger charge is -2.31. The first kappa shape index (κ1) is 28.0. The maximum Gasteiger partial charge on any atom is 0.435 e. The van der Waals surface area contributed by atoms with Crippen LogP contribution in [0.1, 0.15) is 41.4 Å². The number of anilines is 2. The first-order chi connectivity index (χ1) is 19.7. The number of hydrogen-bond donors (Lipinski definition) is 5. The van der Waals surface area contributed by atoms with E-state index in [4.69, 9.17) is 5.73 Å². The van der Waals surface area contributed by atoms with Gasteiger partial charge in [0.1, 0.15) is 5.69 Å². The molecule has 1 aromatic carbocycles. The number of nitrogens with two attached hydrogens (primary N) is 1. The number of halogens is 3. The third kappa shape index (κ3) is 5.99. The van der Waals surface area contributed by atoms with Gasteiger partial charge in [-0.1, -0.05) is 13.0 Å². The minimum Gasteiger partial charge on any atom is -0.354 e. The Bertz CT molecular complexity index is 1530. The number of fused-ring (bicyclic) bond motifs is 1. The number of nitrogens with zero attached hydrogens (tertiary/aromatic N) is 3. The van der Waals surface area contributed by atoms with E-state index >= 15 is 0 Å². The minimum atomic E-state index is -4.63. The van der Waals surface area contributed by atoms with Gasteiger partial charge in [0.2, 0.25) is 5.91 Å². The molecule has 10 nitrogen and oxygen atoms in total. The van der Waals surface area contributed by atoms with Gasteiger partial charge >= 0.3 is 6.18 Å². The van der Waals surface area contributed by atoms with Gasteiger partial charge in [0.25, 0.3) is 5.91 Å². The molecule has 3 heterocycles. The predicted molar refractivity (Wildman–Crippen MR) is 146 cm³/mol. The smallest absolute Gasteiger partial charge is 0.354 e. The van der Waals surface area contributed by atoms with E-state index in [2.05, 4.69) is 36.1 Å². The molecule has 0 spiro atoms. The quantitative estimate of drug-likeness (QED) is 0.193. The summed E-state index contributed by atoms with van der Waals surface area (Å²) in [4.78, 5) is 33.6. The van der Waals surface area contributed by atoms with Crippen molar-refractivity contribution in [2.45, 2.75) is 38.4 Å². The SMILES string of the molecule is CCc1cc(Nc2ncccc3c(-c4c[nH]nc4C(F)(F)F)cnc2-3)ccc1C(=O)NCCNC(=O)[C@H]1C[C@@H](N)C1. The van der Waals surface area contributed by atoms with Gasteiger partial charge in [-0.3, -0.25) is 19.7 Å². The van der Waals surface area contributed by atoms with Gasteiger partial charge in [-0.25, -0.2) is 4.98 Å². The normalized spacial score (nSPS) is 16.7. The Kier molecular flexibility index (Phi) is 7.88. The summed E-state index contributed by atoms with van der Waals surface area (Å²) in [5.41, 5.74) is 7.64. The lowest BCUT2D eigenvalue weighted by molar-refractivity contribution is -0.140. The van der Waals surface area contributed by atoms with Gasteiger partial charge in [0.15, 0.2) is 11.5 Å². The van der Waals surface area contributed by atoms with E-state index in [1.807, 2.05) is 13.0 Å². The molecule has 3 aliphatic rings. The van der Waals surface area contributed by atoms with Crippen LogP contribution in [-0.2, 0) is 17.4 Å². The second-order valence-corrected chi connectivity index (χ2v) is 9.89. The summed E-state index contributed by atoms with van der Waals surface area (Å²) in [5, 5.41) is 14.5. The monoisotopic (exact) mass is 566 g/mol. The molecule has 0 unspecified atom stereocenters. The summed E-state index contributed by atoms with van der Waals surface area (Å²) in [5.74, 6) is -0.00799. The summed E-state index contributed by atoms with van der Waals surface area (Å²) in [6, 6.07) is 8.60. The Morgan fingerprint density at radius 3 is 2.59 bits per heavy atom. The van der Waals surface area contributed by atoms with Crippen molar-refractivity contribution in [3.05, 3.63) is 65.7 Å². The van der Waals surface area contributed by atoms with Crippen LogP contribution in [0.25, 0.3) is 22.4 Å². The van der Waals surface area contributed by atoms with E-state index in [0.29, 0.717) is 54.1 Å². The highest BCUT2D eigenvalue weighted by atomic mass is 19.4. The van der Waals surface area contributed by atoms with Crippen molar-refractivity contribution in [2.24, 2.45) is 11.7 Å². The number of nitrogens with one attached hydrogen (secondary N) is 4. The molecule has 0 bridgehead atoms. The van der Waals surface area contributed by atoms with Crippen molar-refractivity contribution in [3.63, 3.8) is 0 Å². The summed E-state index contributed by atoms with van der Waals surface area (Å²) >= 11 is 0. The van der Waals surface area contributed by atoms with Gasteiger partial charge in [-0.05, 0) is 49.1 Å². The minimum absolute atomic E-state index is 0.0420. The average molecular weight is 567 g/mol. The van der Waals surface area contributed by atoms with Crippen LogP contribution in [0.4, 0.5) is 24.7 Å². The Balaban J connectivity index is 1.28. The molecular formula is C28H29F3N8O2. The second-order valence-electron chi connectivity index (χ2n) is 9.89. The van der Waals surface area contributed by atoms with E-state index in [1.54, 1.807) is 24.3 Å². The maximum absolute atomic E-state index is 13.5. The fourth-order valence-electron chi connectivity index (χ4n) is 4.89. The third-order valence-electron chi connectivity index (χ3n) is 7.09. The van der Waals surface area contributed by atoms with Gasteiger partial charge in [0.05, 0.1) is 0 Å². The number of aryl methyl sites for hydroxylation is 1. The van der Waals surface area contributed by atoms with Gasteiger partial charge in [0, 0.05) is 71.6 Å². The van der Waals surface area contributed by atoms with Gasteiger partial charge in [-0.15, -0.1) is 0 Å². The number of amides is 2. The number of aromatic amines is 1. The Hall–Kier alpha value is -4.52. The first-order valence-electron chi connectivity index (χ1n) is 13.2. The summed E-state index contributed by atoms with van der Waals surface area (Å²) < 4.78 is 40.4. The van der Waals surface area contributed by atoms with E-state index in [1.165, 1.54) is 18.6 Å². The molecule has 5 rings (SSSR count). The summed E-state index contributed by atoms with van der Waals surface area (Å²) in [7, 11) is 0. The highest BCUT2D eigenvalue weighted by Gasteiger charge is 2.38. The highest BCUT2D eigenvalue weighted by molar-refractivity contribution is 5.96. The lowest BCUT2D eigenvalue weighted by atomic mass is 9.80. The molecule has 2 aromatic rings.